The van der Waals surface area contributed by atoms with Crippen molar-refractivity contribution >= 4 is 11.8 Å². The van der Waals surface area contributed by atoms with E-state index in [2.05, 4.69) is 5.32 Å². The highest BCUT2D eigenvalue weighted by Gasteiger charge is 2.30. The van der Waals surface area contributed by atoms with Crippen molar-refractivity contribution < 1.29 is 14.3 Å². The van der Waals surface area contributed by atoms with E-state index in [1.807, 2.05) is 100 Å². The molecule has 3 aromatic rings. The van der Waals surface area contributed by atoms with Crippen LogP contribution in [0.4, 0.5) is 0 Å². The lowest BCUT2D eigenvalue weighted by Crippen LogP contribution is -2.51. The Bertz CT molecular complexity index is 1090. The topological polar surface area (TPSA) is 58.6 Å². The molecule has 2 amide bonds. The fourth-order valence-corrected chi connectivity index (χ4v) is 3.77. The Balaban J connectivity index is 1.88. The van der Waals surface area contributed by atoms with Crippen LogP contribution in [0.5, 0.6) is 5.75 Å². The molecule has 0 spiro atoms. The average molecular weight is 459 g/mol. The number of carbonyl (C=O) groups is 2. The number of nitrogens with one attached hydrogen (secondary N) is 1. The molecule has 0 saturated heterocycles. The maximum absolute atomic E-state index is 13.5. The smallest absolute Gasteiger partial charge is 0.261 e. The third-order valence-electron chi connectivity index (χ3n) is 5.94. The summed E-state index contributed by atoms with van der Waals surface area (Å²) in [6.07, 6.45) is 0.425. The van der Waals surface area contributed by atoms with Crippen molar-refractivity contribution in [3.63, 3.8) is 0 Å². The molecule has 1 atom stereocenters. The molecule has 0 fully saturated rings. The van der Waals surface area contributed by atoms with E-state index < -0.39 is 6.04 Å². The van der Waals surface area contributed by atoms with Crippen LogP contribution in [-0.4, -0.2) is 35.9 Å². The molecule has 178 valence electrons. The first kappa shape index (κ1) is 25.0. The van der Waals surface area contributed by atoms with Gasteiger partial charge in [-0.2, -0.15) is 0 Å². The van der Waals surface area contributed by atoms with Gasteiger partial charge in [0, 0.05) is 19.5 Å². The SMILES string of the molecule is CCNC(=O)[C@H](Cc1ccccc1)N(Cc1ccc(C)cc1)C(=O)COc1ccc(C)c(C)c1. The van der Waals surface area contributed by atoms with Crippen LogP contribution in [0.1, 0.15) is 34.7 Å². The van der Waals surface area contributed by atoms with Crippen molar-refractivity contribution in [2.45, 2.75) is 46.7 Å². The van der Waals surface area contributed by atoms with Gasteiger partial charge in [-0.15, -0.1) is 0 Å². The van der Waals surface area contributed by atoms with Crippen molar-refractivity contribution in [1.82, 2.24) is 10.2 Å². The van der Waals surface area contributed by atoms with Crippen molar-refractivity contribution in [1.29, 1.82) is 0 Å². The van der Waals surface area contributed by atoms with Crippen LogP contribution < -0.4 is 10.1 Å². The van der Waals surface area contributed by atoms with Gasteiger partial charge in [-0.3, -0.25) is 9.59 Å². The minimum atomic E-state index is -0.653. The van der Waals surface area contributed by atoms with Crippen LogP contribution in [0.2, 0.25) is 0 Å². The Morgan fingerprint density at radius 2 is 1.59 bits per heavy atom. The first-order valence-electron chi connectivity index (χ1n) is 11.7. The molecule has 5 heteroatoms. The minimum absolute atomic E-state index is 0.140. The predicted octanol–water partition coefficient (Wildman–Crippen LogP) is 4.77. The van der Waals surface area contributed by atoms with E-state index in [9.17, 15) is 9.59 Å². The average Bonchev–Trinajstić information content (AvgIpc) is 2.84. The Morgan fingerprint density at radius 1 is 0.882 bits per heavy atom. The molecule has 0 bridgehead atoms. The lowest BCUT2D eigenvalue weighted by Gasteiger charge is -2.31. The van der Waals surface area contributed by atoms with Crippen LogP contribution in [-0.2, 0) is 22.6 Å². The Hall–Kier alpha value is -3.60. The third-order valence-corrected chi connectivity index (χ3v) is 5.94. The molecule has 3 aromatic carbocycles. The maximum atomic E-state index is 13.5. The van der Waals surface area contributed by atoms with Gasteiger partial charge < -0.3 is 15.0 Å². The predicted molar refractivity (Wildman–Crippen MR) is 136 cm³/mol. The minimum Gasteiger partial charge on any atom is -0.484 e. The third kappa shape index (κ3) is 6.95. The van der Waals surface area contributed by atoms with Gasteiger partial charge in [0.25, 0.3) is 5.91 Å². The summed E-state index contributed by atoms with van der Waals surface area (Å²) < 4.78 is 5.86. The fraction of sp³-hybridized carbons (Fsp3) is 0.310. The molecule has 3 rings (SSSR count). The number of hydrogen-bond donors (Lipinski definition) is 1. The summed E-state index contributed by atoms with van der Waals surface area (Å²) in [5.41, 5.74) is 5.37. The Morgan fingerprint density at radius 3 is 2.24 bits per heavy atom. The molecule has 0 heterocycles. The molecular weight excluding hydrogens is 424 g/mol. The number of nitrogens with zero attached hydrogens (tertiary/aromatic N) is 1. The lowest BCUT2D eigenvalue weighted by atomic mass is 10.0. The normalized spacial score (nSPS) is 11.5. The number of rotatable bonds is 10. The van der Waals surface area contributed by atoms with E-state index >= 15 is 0 Å². The number of hydrogen-bond acceptors (Lipinski definition) is 3. The van der Waals surface area contributed by atoms with Gasteiger partial charge in [0.15, 0.2) is 6.61 Å². The second-order valence-corrected chi connectivity index (χ2v) is 8.64. The first-order valence-corrected chi connectivity index (χ1v) is 11.7. The van der Waals surface area contributed by atoms with Gasteiger partial charge in [-0.1, -0.05) is 66.2 Å². The van der Waals surface area contributed by atoms with E-state index in [4.69, 9.17) is 4.74 Å². The monoisotopic (exact) mass is 458 g/mol. The number of carbonyl (C=O) groups excluding carboxylic acids is 2. The number of ether oxygens (including phenoxy) is 1. The van der Waals surface area contributed by atoms with Gasteiger partial charge in [0.1, 0.15) is 11.8 Å². The molecular formula is C29H34N2O3. The van der Waals surface area contributed by atoms with Crippen LogP contribution in [0.3, 0.4) is 0 Å². The summed E-state index contributed by atoms with van der Waals surface area (Å²) in [6.45, 7) is 8.63. The molecule has 1 N–H and O–H groups in total. The van der Waals surface area contributed by atoms with Crippen LogP contribution >= 0.6 is 0 Å². The highest BCUT2D eigenvalue weighted by atomic mass is 16.5. The van der Waals surface area contributed by atoms with Crippen molar-refractivity contribution in [2.75, 3.05) is 13.2 Å². The molecule has 0 aliphatic carbocycles. The van der Waals surface area contributed by atoms with Crippen molar-refractivity contribution in [2.24, 2.45) is 0 Å². The van der Waals surface area contributed by atoms with Crippen LogP contribution in [0.25, 0.3) is 0 Å². The number of aryl methyl sites for hydroxylation is 3. The highest BCUT2D eigenvalue weighted by molar-refractivity contribution is 5.88. The standard InChI is InChI=1S/C29H34N2O3/c1-5-30-29(33)27(18-24-9-7-6-8-10-24)31(19-25-14-11-21(2)12-15-25)28(32)20-34-26-16-13-22(3)23(4)17-26/h6-17,27H,5,18-20H2,1-4H3,(H,30,33)/t27-/m0/s1. The van der Waals surface area contributed by atoms with E-state index in [1.54, 1.807) is 4.90 Å². The molecule has 34 heavy (non-hydrogen) atoms. The van der Waals surface area contributed by atoms with Gasteiger partial charge in [-0.25, -0.2) is 0 Å². The molecule has 0 unspecified atom stereocenters. The zero-order valence-electron chi connectivity index (χ0n) is 20.5. The summed E-state index contributed by atoms with van der Waals surface area (Å²) in [6, 6.07) is 22.9. The second-order valence-electron chi connectivity index (χ2n) is 8.64. The van der Waals surface area contributed by atoms with Crippen LogP contribution in [0, 0.1) is 20.8 Å². The van der Waals surface area contributed by atoms with Gasteiger partial charge in [0.2, 0.25) is 5.91 Å². The zero-order valence-corrected chi connectivity index (χ0v) is 20.5. The highest BCUT2D eigenvalue weighted by Crippen LogP contribution is 2.19. The largest absolute Gasteiger partial charge is 0.484 e. The maximum Gasteiger partial charge on any atom is 0.261 e. The van der Waals surface area contributed by atoms with E-state index in [-0.39, 0.29) is 18.4 Å². The Labute approximate surface area is 202 Å². The van der Waals surface area contributed by atoms with Gasteiger partial charge in [0.05, 0.1) is 0 Å². The zero-order chi connectivity index (χ0) is 24.5. The van der Waals surface area contributed by atoms with Gasteiger partial charge in [-0.05, 0) is 62.1 Å². The molecule has 0 aromatic heterocycles. The lowest BCUT2D eigenvalue weighted by molar-refractivity contribution is -0.142. The number of likely N-dealkylation sites (N-methyl/N-ethyl adjacent to an activating group) is 1. The number of amides is 2. The van der Waals surface area contributed by atoms with Gasteiger partial charge >= 0.3 is 0 Å². The molecule has 0 radical (unpaired) electrons. The number of benzene rings is 3. The van der Waals surface area contributed by atoms with Crippen molar-refractivity contribution in [3.8, 4) is 5.75 Å². The molecule has 0 aliphatic heterocycles. The first-order chi connectivity index (χ1) is 16.4. The van der Waals surface area contributed by atoms with E-state index in [0.29, 0.717) is 25.3 Å². The summed E-state index contributed by atoms with van der Waals surface area (Å²) in [4.78, 5) is 28.3. The summed E-state index contributed by atoms with van der Waals surface area (Å²) >= 11 is 0. The molecule has 5 nitrogen and oxygen atoms in total. The molecule has 0 aliphatic rings. The van der Waals surface area contributed by atoms with E-state index in [1.165, 1.54) is 5.56 Å². The second kappa shape index (κ2) is 12.0. The summed E-state index contributed by atoms with van der Waals surface area (Å²) in [5, 5.41) is 2.91. The molecule has 0 saturated carbocycles. The van der Waals surface area contributed by atoms with Crippen molar-refractivity contribution in [3.05, 3.63) is 101 Å². The quantitative estimate of drug-likeness (QED) is 0.476. The van der Waals surface area contributed by atoms with E-state index in [0.717, 1.165) is 22.3 Å². The fourth-order valence-electron chi connectivity index (χ4n) is 3.77. The Kier molecular flexibility index (Phi) is 8.86. The summed E-state index contributed by atoms with van der Waals surface area (Å²) in [5.74, 6) is 0.244. The summed E-state index contributed by atoms with van der Waals surface area (Å²) in [7, 11) is 0. The van der Waals surface area contributed by atoms with Crippen LogP contribution in [0.15, 0.2) is 72.8 Å².